The minimum absolute atomic E-state index is 0. The maximum Gasteiger partial charge on any atom is 0 e. The molecule has 0 amide bonds. The Hall–Kier alpha value is 0.843. The number of rotatable bonds is 6. The van der Waals surface area contributed by atoms with Crippen LogP contribution in [0.2, 0.25) is 0 Å². The smallest absolute Gasteiger partial charge is 0 e. The molecular weight excluding hydrogens is 201 g/mol. The van der Waals surface area contributed by atoms with E-state index in [2.05, 4.69) is 19.2 Å². The van der Waals surface area contributed by atoms with Crippen LogP contribution >= 0.6 is 0 Å². The summed E-state index contributed by atoms with van der Waals surface area (Å²) in [5, 5.41) is 3.39. The van der Waals surface area contributed by atoms with E-state index in [0.29, 0.717) is 0 Å². The Kier molecular flexibility index (Phi) is 16.8. The molecule has 0 aliphatic carbocycles. The quantitative estimate of drug-likeness (QED) is 0.677. The van der Waals surface area contributed by atoms with Gasteiger partial charge in [-0.3, -0.25) is 0 Å². The fourth-order valence-electron chi connectivity index (χ4n) is 0.729. The van der Waals surface area contributed by atoms with Crippen molar-refractivity contribution in [2.75, 3.05) is 13.1 Å². The Bertz CT molecular complexity index is 42.5. The van der Waals surface area contributed by atoms with Crippen LogP contribution in [0.15, 0.2) is 0 Å². The molecule has 1 nitrogen and oxygen atoms in total. The molecule has 2 heteroatoms. The summed E-state index contributed by atoms with van der Waals surface area (Å²) in [5.74, 6) is 0. The SMILES string of the molecule is CCCCNCCCC.[Zr]. The van der Waals surface area contributed by atoms with Gasteiger partial charge in [0.25, 0.3) is 0 Å². The summed E-state index contributed by atoms with van der Waals surface area (Å²) in [5.41, 5.74) is 0. The van der Waals surface area contributed by atoms with E-state index in [9.17, 15) is 0 Å². The van der Waals surface area contributed by atoms with Crippen LogP contribution < -0.4 is 5.32 Å². The van der Waals surface area contributed by atoms with Gasteiger partial charge in [0.05, 0.1) is 0 Å². The van der Waals surface area contributed by atoms with Crippen LogP contribution in [0.4, 0.5) is 0 Å². The van der Waals surface area contributed by atoms with Crippen molar-refractivity contribution in [3.05, 3.63) is 0 Å². The largest absolute Gasteiger partial charge is 0.317 e. The average molecular weight is 220 g/mol. The maximum atomic E-state index is 3.39. The molecule has 0 aliphatic rings. The van der Waals surface area contributed by atoms with E-state index < -0.39 is 0 Å². The van der Waals surface area contributed by atoms with Crippen LogP contribution in [0.5, 0.6) is 0 Å². The first-order chi connectivity index (χ1) is 4.41. The molecule has 60 valence electrons. The third-order valence-electron chi connectivity index (χ3n) is 1.41. The van der Waals surface area contributed by atoms with Crippen LogP contribution in [-0.4, -0.2) is 13.1 Å². The van der Waals surface area contributed by atoms with Gasteiger partial charge in [-0.05, 0) is 25.9 Å². The number of nitrogens with one attached hydrogen (secondary N) is 1. The van der Waals surface area contributed by atoms with Crippen molar-refractivity contribution in [2.24, 2.45) is 0 Å². The predicted octanol–water partition coefficient (Wildman–Crippen LogP) is 2.17. The molecule has 0 spiro atoms. The van der Waals surface area contributed by atoms with Crippen molar-refractivity contribution >= 4 is 0 Å². The number of unbranched alkanes of at least 4 members (excludes halogenated alkanes) is 2. The zero-order valence-corrected chi connectivity index (χ0v) is 9.70. The Morgan fingerprint density at radius 3 is 1.60 bits per heavy atom. The van der Waals surface area contributed by atoms with Crippen LogP contribution in [0.25, 0.3) is 0 Å². The molecule has 1 N–H and O–H groups in total. The molecule has 0 aromatic heterocycles. The second-order valence-electron chi connectivity index (χ2n) is 2.46. The first kappa shape index (κ1) is 13.4. The third kappa shape index (κ3) is 11.6. The van der Waals surface area contributed by atoms with E-state index >= 15 is 0 Å². The molecule has 0 heterocycles. The fraction of sp³-hybridized carbons (Fsp3) is 1.00. The van der Waals surface area contributed by atoms with Gasteiger partial charge in [-0.2, -0.15) is 0 Å². The number of hydrogen-bond acceptors (Lipinski definition) is 1. The molecule has 0 unspecified atom stereocenters. The van der Waals surface area contributed by atoms with Crippen LogP contribution in [-0.2, 0) is 26.2 Å². The topological polar surface area (TPSA) is 12.0 Å². The van der Waals surface area contributed by atoms with E-state index in [1.807, 2.05) is 0 Å². The van der Waals surface area contributed by atoms with Gasteiger partial charge in [0.1, 0.15) is 0 Å². The van der Waals surface area contributed by atoms with E-state index in [1.165, 1.54) is 38.8 Å². The minimum atomic E-state index is 0. The summed E-state index contributed by atoms with van der Waals surface area (Å²) in [4.78, 5) is 0. The van der Waals surface area contributed by atoms with Gasteiger partial charge >= 0.3 is 0 Å². The van der Waals surface area contributed by atoms with Gasteiger partial charge < -0.3 is 5.32 Å². The summed E-state index contributed by atoms with van der Waals surface area (Å²) >= 11 is 0. The Labute approximate surface area is 84.1 Å². The zero-order valence-electron chi connectivity index (χ0n) is 7.24. The molecule has 0 saturated heterocycles. The monoisotopic (exact) mass is 219 g/mol. The van der Waals surface area contributed by atoms with Gasteiger partial charge in [0.2, 0.25) is 0 Å². The Balaban J connectivity index is 0. The van der Waals surface area contributed by atoms with Crippen molar-refractivity contribution < 1.29 is 26.2 Å². The predicted molar refractivity (Wildman–Crippen MR) is 42.7 cm³/mol. The second-order valence-corrected chi connectivity index (χ2v) is 2.46. The summed E-state index contributed by atoms with van der Waals surface area (Å²) in [7, 11) is 0. The van der Waals surface area contributed by atoms with Crippen LogP contribution in [0, 0.1) is 0 Å². The molecule has 0 aromatic carbocycles. The van der Waals surface area contributed by atoms with Gasteiger partial charge in [-0.1, -0.05) is 26.7 Å². The Morgan fingerprint density at radius 2 is 1.30 bits per heavy atom. The molecule has 0 atom stereocenters. The van der Waals surface area contributed by atoms with E-state index in [4.69, 9.17) is 0 Å². The van der Waals surface area contributed by atoms with E-state index in [-0.39, 0.29) is 26.2 Å². The fourth-order valence-corrected chi connectivity index (χ4v) is 0.729. The molecule has 0 aromatic rings. The molecule has 0 radical (unpaired) electrons. The summed E-state index contributed by atoms with van der Waals surface area (Å²) in [6.07, 6.45) is 5.26. The minimum Gasteiger partial charge on any atom is -0.317 e. The van der Waals surface area contributed by atoms with Crippen LogP contribution in [0.3, 0.4) is 0 Å². The van der Waals surface area contributed by atoms with Crippen molar-refractivity contribution in [1.82, 2.24) is 5.32 Å². The van der Waals surface area contributed by atoms with Gasteiger partial charge in [-0.15, -0.1) is 0 Å². The van der Waals surface area contributed by atoms with Crippen LogP contribution in [0.1, 0.15) is 39.5 Å². The third-order valence-corrected chi connectivity index (χ3v) is 1.41. The first-order valence-electron chi connectivity index (χ1n) is 4.12. The van der Waals surface area contributed by atoms with E-state index in [0.717, 1.165) is 0 Å². The van der Waals surface area contributed by atoms with Gasteiger partial charge in [0.15, 0.2) is 0 Å². The zero-order chi connectivity index (χ0) is 6.95. The summed E-state index contributed by atoms with van der Waals surface area (Å²) in [6.45, 7) is 6.86. The van der Waals surface area contributed by atoms with Gasteiger partial charge in [-0.25, -0.2) is 0 Å². The van der Waals surface area contributed by atoms with Crippen molar-refractivity contribution in [2.45, 2.75) is 39.5 Å². The van der Waals surface area contributed by atoms with Crippen molar-refractivity contribution in [3.8, 4) is 0 Å². The molecule has 0 saturated carbocycles. The molecule has 10 heavy (non-hydrogen) atoms. The van der Waals surface area contributed by atoms with Crippen molar-refractivity contribution in [3.63, 3.8) is 0 Å². The second kappa shape index (κ2) is 12.5. The maximum absolute atomic E-state index is 3.39. The molecule has 0 bridgehead atoms. The Morgan fingerprint density at radius 1 is 0.900 bits per heavy atom. The van der Waals surface area contributed by atoms with E-state index in [1.54, 1.807) is 0 Å². The molecule has 0 aliphatic heterocycles. The molecule has 0 rings (SSSR count). The molecular formula is C8H19NZr. The van der Waals surface area contributed by atoms with Gasteiger partial charge in [0, 0.05) is 26.2 Å². The number of hydrogen-bond donors (Lipinski definition) is 1. The normalized spacial score (nSPS) is 9.00. The summed E-state index contributed by atoms with van der Waals surface area (Å²) in [6, 6.07) is 0. The standard InChI is InChI=1S/C8H19N.Zr/c1-3-5-7-9-8-6-4-2;/h9H,3-8H2,1-2H3;. The summed E-state index contributed by atoms with van der Waals surface area (Å²) < 4.78 is 0. The first-order valence-corrected chi connectivity index (χ1v) is 4.12. The average Bonchev–Trinajstić information content (AvgIpc) is 1.89. The molecule has 0 fully saturated rings. The van der Waals surface area contributed by atoms with Crippen molar-refractivity contribution in [1.29, 1.82) is 0 Å².